The molecule has 274 valence electrons. The Morgan fingerprint density at radius 1 is 0.714 bits per heavy atom. The monoisotopic (exact) mass is 772 g/mol. The summed E-state index contributed by atoms with van der Waals surface area (Å²) in [6.45, 7) is 2.85. The summed E-state index contributed by atoms with van der Waals surface area (Å²) in [5, 5.41) is 57.5. The van der Waals surface area contributed by atoms with Crippen LogP contribution in [0.25, 0.3) is 17.2 Å². The number of benzene rings is 4. The van der Waals surface area contributed by atoms with Gasteiger partial charge in [0.05, 0.1) is 17.7 Å². The van der Waals surface area contributed by atoms with E-state index >= 15 is 0 Å². The van der Waals surface area contributed by atoms with Gasteiger partial charge >= 0.3 is 0 Å². The van der Waals surface area contributed by atoms with Crippen LogP contribution in [-0.4, -0.2) is 16.8 Å². The normalized spacial score (nSPS) is 8.88. The SMILES string of the molecule is CC(=O)Nc1ccc(-c2c(C#N)c(N)nc(Sc3ccccc3)c2C#N)cc1.CC(=O)Nc1ccc(C=C(C#N)C#N)cc1.N#CCC#N.Sc1ccccc1. The molecule has 0 aliphatic heterocycles. The predicted octanol–water partition coefficient (Wildman–Crippen LogP) is 8.66. The van der Waals surface area contributed by atoms with Gasteiger partial charge in [-0.25, -0.2) is 4.98 Å². The van der Waals surface area contributed by atoms with Crippen molar-refractivity contribution in [1.29, 1.82) is 31.6 Å². The van der Waals surface area contributed by atoms with E-state index in [1.807, 2.05) is 60.7 Å². The first-order valence-corrected chi connectivity index (χ1v) is 17.4. The summed E-state index contributed by atoms with van der Waals surface area (Å²) in [6, 6.07) is 44.1. The van der Waals surface area contributed by atoms with E-state index in [-0.39, 0.29) is 40.8 Å². The van der Waals surface area contributed by atoms with Gasteiger partial charge in [0.1, 0.15) is 52.7 Å². The zero-order valence-corrected chi connectivity index (χ0v) is 31.8. The summed E-state index contributed by atoms with van der Waals surface area (Å²) in [4.78, 5) is 28.2. The summed E-state index contributed by atoms with van der Waals surface area (Å²) < 4.78 is 0. The summed E-state index contributed by atoms with van der Waals surface area (Å²) in [5.74, 6) is -0.253. The van der Waals surface area contributed by atoms with Crippen LogP contribution < -0.4 is 16.4 Å². The lowest BCUT2D eigenvalue weighted by Gasteiger charge is -2.13. The highest BCUT2D eigenvalue weighted by molar-refractivity contribution is 7.99. The highest BCUT2D eigenvalue weighted by Gasteiger charge is 2.21. The Balaban J connectivity index is 0.000000322. The van der Waals surface area contributed by atoms with E-state index in [1.54, 1.807) is 72.8 Å². The van der Waals surface area contributed by atoms with Crippen molar-refractivity contribution in [2.45, 2.75) is 35.1 Å². The van der Waals surface area contributed by atoms with Gasteiger partial charge in [0.2, 0.25) is 11.8 Å². The molecule has 14 heteroatoms. The minimum atomic E-state index is -0.183. The van der Waals surface area contributed by atoms with Crippen molar-refractivity contribution in [3.05, 3.63) is 131 Å². The maximum Gasteiger partial charge on any atom is 0.221 e. The number of hydrogen-bond acceptors (Lipinski definition) is 12. The molecule has 0 atom stereocenters. The fourth-order valence-corrected chi connectivity index (χ4v) is 5.35. The average Bonchev–Trinajstić information content (AvgIpc) is 3.19. The number of nitrogens with two attached hydrogens (primary N) is 1. The van der Waals surface area contributed by atoms with Crippen molar-refractivity contribution in [2.75, 3.05) is 16.4 Å². The Labute approximate surface area is 334 Å². The van der Waals surface area contributed by atoms with Crippen LogP contribution in [0, 0.1) is 68.0 Å². The molecule has 2 amide bonds. The highest BCUT2D eigenvalue weighted by Crippen LogP contribution is 2.38. The van der Waals surface area contributed by atoms with Crippen molar-refractivity contribution in [3.63, 3.8) is 0 Å². The van der Waals surface area contributed by atoms with E-state index in [1.165, 1.54) is 31.7 Å². The van der Waals surface area contributed by atoms with Gasteiger partial charge in [-0.1, -0.05) is 72.4 Å². The summed E-state index contributed by atoms with van der Waals surface area (Å²) in [7, 11) is 0. The van der Waals surface area contributed by atoms with E-state index in [2.05, 4.69) is 40.4 Å². The number of allylic oxidation sites excluding steroid dienone is 1. The maximum absolute atomic E-state index is 11.2. The van der Waals surface area contributed by atoms with Crippen LogP contribution in [0.3, 0.4) is 0 Å². The Kier molecular flexibility index (Phi) is 19.3. The molecule has 0 unspecified atom stereocenters. The minimum absolute atomic E-state index is 0. The smallest absolute Gasteiger partial charge is 0.221 e. The third-order valence-corrected chi connectivity index (χ3v) is 7.86. The molecule has 4 aromatic carbocycles. The quantitative estimate of drug-likeness (QED) is 0.0940. The largest absolute Gasteiger partial charge is 0.383 e. The maximum atomic E-state index is 11.2. The molecular weight excluding hydrogens is 741 g/mol. The van der Waals surface area contributed by atoms with Gasteiger partial charge in [0.25, 0.3) is 0 Å². The molecule has 56 heavy (non-hydrogen) atoms. The molecule has 0 bridgehead atoms. The molecule has 1 aromatic heterocycles. The number of carbonyl (C=O) groups is 2. The third kappa shape index (κ3) is 15.4. The highest BCUT2D eigenvalue weighted by atomic mass is 32.2. The number of nitrogen functional groups attached to an aromatic ring is 1. The molecule has 0 saturated carbocycles. The van der Waals surface area contributed by atoms with Crippen LogP contribution in [0.15, 0.2) is 130 Å². The van der Waals surface area contributed by atoms with Crippen LogP contribution in [0.4, 0.5) is 17.2 Å². The first kappa shape index (κ1) is 44.3. The lowest BCUT2D eigenvalue weighted by atomic mass is 9.96. The molecule has 0 fully saturated rings. The second-order valence-electron chi connectivity index (χ2n) is 10.7. The topological polar surface area (TPSA) is 240 Å². The fourth-order valence-electron chi connectivity index (χ4n) is 4.27. The van der Waals surface area contributed by atoms with E-state index in [0.29, 0.717) is 27.5 Å². The van der Waals surface area contributed by atoms with E-state index in [0.717, 1.165) is 15.4 Å². The number of nitrogens with one attached hydrogen (secondary N) is 2. The molecular formula is C42H32N10O2S2. The number of pyridine rings is 1. The lowest BCUT2D eigenvalue weighted by molar-refractivity contribution is -0.115. The molecule has 0 aliphatic rings. The number of carbonyl (C=O) groups excluding carboxylic acids is 2. The van der Waals surface area contributed by atoms with Gasteiger partial charge in [-0.05, 0) is 65.7 Å². The van der Waals surface area contributed by atoms with Gasteiger partial charge in [0.15, 0.2) is 0 Å². The lowest BCUT2D eigenvalue weighted by Crippen LogP contribution is -2.06. The number of hydrogen-bond donors (Lipinski definition) is 4. The molecule has 0 aliphatic carbocycles. The fraction of sp³-hybridized carbons (Fsp3) is 0.0714. The molecule has 5 aromatic rings. The molecule has 4 N–H and O–H groups in total. The number of thiol groups is 1. The van der Waals surface area contributed by atoms with Crippen LogP contribution in [0.1, 0.15) is 37.0 Å². The van der Waals surface area contributed by atoms with Crippen molar-refractivity contribution < 1.29 is 9.59 Å². The molecule has 1 heterocycles. The van der Waals surface area contributed by atoms with Crippen LogP contribution in [0.5, 0.6) is 0 Å². The third-order valence-electron chi connectivity index (χ3n) is 6.56. The van der Waals surface area contributed by atoms with Crippen LogP contribution in [0.2, 0.25) is 0 Å². The Morgan fingerprint density at radius 3 is 1.59 bits per heavy atom. The average molecular weight is 773 g/mol. The van der Waals surface area contributed by atoms with Crippen molar-refractivity contribution in [3.8, 4) is 47.5 Å². The Bertz CT molecular complexity index is 2370. The summed E-state index contributed by atoms with van der Waals surface area (Å²) in [6.07, 6.45) is 1.48. The molecule has 0 saturated heterocycles. The zero-order valence-electron chi connectivity index (χ0n) is 30.1. The Morgan fingerprint density at radius 2 is 1.20 bits per heavy atom. The number of amides is 2. The standard InChI is InChI=1S/C21H15N5OS.C12H9N3O.C6H6S.C3H2N2/c1-13(27)25-15-9-7-14(8-10-15)19-17(11-22)20(24)26-21(18(19)12-23)28-16-5-3-2-4-6-16;1-9(16)15-12-4-2-10(3-5-12)6-11(7-13)8-14;7-6-4-2-1-3-5-6;4-2-1-3-5/h2-10H,1H3,(H2,24,26)(H,25,27);2-6H,1H3,(H,15,16);1-5,7H;1H2. The van der Waals surface area contributed by atoms with Crippen LogP contribution in [-0.2, 0) is 9.59 Å². The minimum Gasteiger partial charge on any atom is -0.383 e. The van der Waals surface area contributed by atoms with Crippen molar-refractivity contribution >= 4 is 59.5 Å². The van der Waals surface area contributed by atoms with Gasteiger partial charge < -0.3 is 16.4 Å². The predicted molar refractivity (Wildman–Crippen MR) is 218 cm³/mol. The van der Waals surface area contributed by atoms with Gasteiger partial charge in [-0.15, -0.1) is 12.6 Å². The summed E-state index contributed by atoms with van der Waals surface area (Å²) >= 11 is 5.40. The molecule has 12 nitrogen and oxygen atoms in total. The molecule has 0 radical (unpaired) electrons. The molecule has 0 spiro atoms. The summed E-state index contributed by atoms with van der Waals surface area (Å²) in [5.41, 5.74) is 9.64. The van der Waals surface area contributed by atoms with Crippen molar-refractivity contribution in [1.82, 2.24) is 4.98 Å². The number of nitriles is 6. The second-order valence-corrected chi connectivity index (χ2v) is 12.3. The van der Waals surface area contributed by atoms with Crippen molar-refractivity contribution in [2.24, 2.45) is 0 Å². The zero-order chi connectivity index (χ0) is 41.3. The first-order chi connectivity index (χ1) is 27.0. The van der Waals surface area contributed by atoms with Gasteiger partial charge in [-0.2, -0.15) is 31.6 Å². The second kappa shape index (κ2) is 24.4. The van der Waals surface area contributed by atoms with Crippen LogP contribution >= 0.6 is 24.4 Å². The number of aromatic nitrogens is 1. The number of rotatable bonds is 6. The number of anilines is 3. The van der Waals surface area contributed by atoms with Gasteiger partial charge in [-0.3, -0.25) is 9.59 Å². The Hall–Kier alpha value is -7.85. The van der Waals surface area contributed by atoms with Gasteiger partial charge in [0, 0.05) is 40.6 Å². The first-order valence-electron chi connectivity index (χ1n) is 16.1. The molecule has 5 rings (SSSR count). The van der Waals surface area contributed by atoms with E-state index < -0.39 is 0 Å². The number of nitrogens with zero attached hydrogens (tertiary/aromatic N) is 7. The van der Waals surface area contributed by atoms with E-state index in [9.17, 15) is 20.1 Å². The van der Waals surface area contributed by atoms with E-state index in [4.69, 9.17) is 26.8 Å².